The van der Waals surface area contributed by atoms with Crippen LogP contribution in [0.2, 0.25) is 0 Å². The van der Waals surface area contributed by atoms with Gasteiger partial charge in [-0.3, -0.25) is 9.35 Å². The van der Waals surface area contributed by atoms with Crippen LogP contribution in [-0.2, 0) is 26.3 Å². The van der Waals surface area contributed by atoms with Crippen molar-refractivity contribution < 1.29 is 22.9 Å². The molecule has 0 fully saturated rings. The van der Waals surface area contributed by atoms with E-state index in [4.69, 9.17) is 10.3 Å². The van der Waals surface area contributed by atoms with Gasteiger partial charge < -0.3 is 10.8 Å². The molecule has 2 atom stereocenters. The van der Waals surface area contributed by atoms with E-state index in [1.165, 1.54) is 12.1 Å². The lowest BCUT2D eigenvalue weighted by atomic mass is 9.85. The number of rotatable bonds is 1. The van der Waals surface area contributed by atoms with E-state index in [0.29, 0.717) is 5.56 Å². The summed E-state index contributed by atoms with van der Waals surface area (Å²) in [5, 5.41) is 10.0. The largest absolute Gasteiger partial charge is 0.363 e. The molecule has 0 amide bonds. The van der Waals surface area contributed by atoms with E-state index in [2.05, 4.69) is 0 Å². The molecule has 1 aromatic rings. The van der Waals surface area contributed by atoms with Gasteiger partial charge >= 0.3 is 10.1 Å². The molecule has 92 valence electrons. The van der Waals surface area contributed by atoms with E-state index >= 15 is 0 Å². The van der Waals surface area contributed by atoms with Crippen LogP contribution in [-0.4, -0.2) is 29.9 Å². The number of ketones is 1. The molecule has 17 heavy (non-hydrogen) atoms. The van der Waals surface area contributed by atoms with Crippen molar-refractivity contribution in [2.75, 3.05) is 0 Å². The lowest BCUT2D eigenvalue weighted by Crippen LogP contribution is -2.55. The van der Waals surface area contributed by atoms with Crippen LogP contribution >= 0.6 is 0 Å². The predicted octanol–water partition coefficient (Wildman–Crippen LogP) is -0.828. The van der Waals surface area contributed by atoms with Gasteiger partial charge in [0.25, 0.3) is 4.93 Å². The summed E-state index contributed by atoms with van der Waals surface area (Å²) in [5.74, 6) is -1.11. The fourth-order valence-electron chi connectivity index (χ4n) is 2.01. The van der Waals surface area contributed by atoms with E-state index in [1.54, 1.807) is 12.1 Å². The molecule has 6 nitrogen and oxygen atoms in total. The molecule has 1 aliphatic carbocycles. The SMILES string of the molecule is NC1Cc2ccccc2C(O)(S(=O)(=O)O)C1=O. The summed E-state index contributed by atoms with van der Waals surface area (Å²) >= 11 is 0. The second-order valence-electron chi connectivity index (χ2n) is 3.95. The first kappa shape index (κ1) is 12.2. The van der Waals surface area contributed by atoms with Gasteiger partial charge in [0.15, 0.2) is 0 Å². The van der Waals surface area contributed by atoms with Crippen molar-refractivity contribution >= 4 is 15.9 Å². The van der Waals surface area contributed by atoms with Gasteiger partial charge in [-0.25, -0.2) is 0 Å². The number of hydrogen-bond acceptors (Lipinski definition) is 5. The van der Waals surface area contributed by atoms with Crippen LogP contribution < -0.4 is 5.73 Å². The third kappa shape index (κ3) is 1.59. The molecule has 1 aromatic carbocycles. The smallest absolute Gasteiger partial charge is 0.307 e. The normalized spacial score (nSPS) is 28.9. The van der Waals surface area contributed by atoms with Gasteiger partial charge in [0.05, 0.1) is 6.04 Å². The first-order chi connectivity index (χ1) is 7.78. The number of aliphatic hydroxyl groups is 1. The molecule has 0 heterocycles. The molecular formula is C10H11NO5S. The van der Waals surface area contributed by atoms with Crippen LogP contribution in [0, 0.1) is 0 Å². The zero-order chi connectivity index (χ0) is 12.8. The third-order valence-electron chi connectivity index (χ3n) is 2.87. The van der Waals surface area contributed by atoms with Gasteiger partial charge in [0.1, 0.15) is 0 Å². The summed E-state index contributed by atoms with van der Waals surface area (Å²) in [6.07, 6.45) is 0.132. The Morgan fingerprint density at radius 2 is 1.94 bits per heavy atom. The lowest BCUT2D eigenvalue weighted by molar-refractivity contribution is -0.133. The maximum Gasteiger partial charge on any atom is 0.307 e. The summed E-state index contributed by atoms with van der Waals surface area (Å²) in [7, 11) is -4.99. The highest BCUT2D eigenvalue weighted by molar-refractivity contribution is 7.87. The summed E-state index contributed by atoms with van der Waals surface area (Å²) in [6, 6.07) is 4.78. The van der Waals surface area contributed by atoms with Crippen molar-refractivity contribution in [2.45, 2.75) is 17.4 Å². The molecule has 0 bridgehead atoms. The molecule has 0 saturated heterocycles. The van der Waals surface area contributed by atoms with Crippen LogP contribution in [0.4, 0.5) is 0 Å². The van der Waals surface area contributed by atoms with E-state index in [9.17, 15) is 18.3 Å². The average Bonchev–Trinajstić information content (AvgIpc) is 2.24. The van der Waals surface area contributed by atoms with Crippen molar-refractivity contribution in [2.24, 2.45) is 5.73 Å². The zero-order valence-corrected chi connectivity index (χ0v) is 9.52. The summed E-state index contributed by atoms with van der Waals surface area (Å²) in [4.78, 5) is 8.79. The summed E-state index contributed by atoms with van der Waals surface area (Å²) < 4.78 is 31.6. The number of carbonyl (C=O) groups is 1. The second-order valence-corrected chi connectivity index (χ2v) is 5.49. The Morgan fingerprint density at radius 3 is 2.53 bits per heavy atom. The van der Waals surface area contributed by atoms with Crippen molar-refractivity contribution in [3.63, 3.8) is 0 Å². The summed E-state index contributed by atoms with van der Waals surface area (Å²) in [5.41, 5.74) is 5.78. The standard InChI is InChI=1S/C10H11NO5S/c11-8-5-6-3-1-2-4-7(6)10(13,9(8)12)17(14,15)16/h1-4,8,13H,5,11H2,(H,14,15,16). The maximum absolute atomic E-state index is 11.7. The molecule has 0 aliphatic heterocycles. The van der Waals surface area contributed by atoms with Gasteiger partial charge in [0, 0.05) is 5.56 Å². The first-order valence-corrected chi connectivity index (χ1v) is 6.30. The molecule has 4 N–H and O–H groups in total. The van der Waals surface area contributed by atoms with Crippen LogP contribution in [0.3, 0.4) is 0 Å². The Kier molecular flexibility index (Phi) is 2.58. The number of hydrogen-bond donors (Lipinski definition) is 3. The lowest BCUT2D eigenvalue weighted by Gasteiger charge is -2.32. The van der Waals surface area contributed by atoms with Crippen LogP contribution in [0.15, 0.2) is 24.3 Å². The molecule has 7 heteroatoms. The quantitative estimate of drug-likeness (QED) is 0.565. The van der Waals surface area contributed by atoms with Crippen LogP contribution in [0.25, 0.3) is 0 Å². The maximum atomic E-state index is 11.7. The fraction of sp³-hybridized carbons (Fsp3) is 0.300. The monoisotopic (exact) mass is 257 g/mol. The van der Waals surface area contributed by atoms with E-state index < -0.39 is 26.9 Å². The van der Waals surface area contributed by atoms with Gasteiger partial charge in [0.2, 0.25) is 5.78 Å². The van der Waals surface area contributed by atoms with Gasteiger partial charge in [-0.05, 0) is 12.0 Å². The topological polar surface area (TPSA) is 118 Å². The van der Waals surface area contributed by atoms with Gasteiger partial charge in [-0.15, -0.1) is 0 Å². The molecule has 0 spiro atoms. The summed E-state index contributed by atoms with van der Waals surface area (Å²) in [6.45, 7) is 0. The molecule has 2 unspecified atom stereocenters. The van der Waals surface area contributed by atoms with Crippen molar-refractivity contribution in [3.05, 3.63) is 35.4 Å². The molecule has 1 aliphatic rings. The zero-order valence-electron chi connectivity index (χ0n) is 8.70. The van der Waals surface area contributed by atoms with Crippen molar-refractivity contribution in [3.8, 4) is 0 Å². The minimum Gasteiger partial charge on any atom is -0.363 e. The van der Waals surface area contributed by atoms with Gasteiger partial charge in [-0.2, -0.15) is 8.42 Å². The molecule has 2 rings (SSSR count). The third-order valence-corrected chi connectivity index (χ3v) is 4.03. The highest BCUT2D eigenvalue weighted by Crippen LogP contribution is 2.36. The molecule has 0 aromatic heterocycles. The van der Waals surface area contributed by atoms with Crippen molar-refractivity contribution in [1.82, 2.24) is 0 Å². The predicted molar refractivity (Wildman–Crippen MR) is 58.6 cm³/mol. The minimum atomic E-state index is -4.99. The number of carbonyl (C=O) groups excluding carboxylic acids is 1. The number of fused-ring (bicyclic) bond motifs is 1. The number of nitrogens with two attached hydrogens (primary N) is 1. The Morgan fingerprint density at radius 1 is 1.35 bits per heavy atom. The highest BCUT2D eigenvalue weighted by Gasteiger charge is 2.55. The first-order valence-electron chi connectivity index (χ1n) is 4.86. The molecular weight excluding hydrogens is 246 g/mol. The van der Waals surface area contributed by atoms with E-state index in [-0.39, 0.29) is 12.0 Å². The minimum absolute atomic E-state index is 0.130. The van der Waals surface area contributed by atoms with Crippen LogP contribution in [0.1, 0.15) is 11.1 Å². The Hall–Kier alpha value is -1.28. The number of Topliss-reactive ketones (excluding diaryl/α,β-unsaturated/α-hetero) is 1. The highest BCUT2D eigenvalue weighted by atomic mass is 32.2. The molecule has 0 saturated carbocycles. The Labute approximate surface area is 97.8 Å². The average molecular weight is 257 g/mol. The second kappa shape index (κ2) is 3.61. The Bertz CT molecular complexity index is 582. The molecule has 0 radical (unpaired) electrons. The number of benzene rings is 1. The fourth-order valence-corrected chi connectivity index (χ4v) is 2.89. The van der Waals surface area contributed by atoms with E-state index in [0.717, 1.165) is 0 Å². The Balaban J connectivity index is 2.78. The van der Waals surface area contributed by atoms with E-state index in [1.807, 2.05) is 0 Å². The van der Waals surface area contributed by atoms with Gasteiger partial charge in [-0.1, -0.05) is 24.3 Å². The van der Waals surface area contributed by atoms with Crippen molar-refractivity contribution in [1.29, 1.82) is 0 Å². The van der Waals surface area contributed by atoms with Crippen LogP contribution in [0.5, 0.6) is 0 Å².